The maximum atomic E-state index is 11.5. The van der Waals surface area contributed by atoms with Gasteiger partial charge in [-0.1, -0.05) is 6.92 Å². The van der Waals surface area contributed by atoms with Crippen LogP contribution in [-0.2, 0) is 14.6 Å². The maximum absolute atomic E-state index is 11.5. The van der Waals surface area contributed by atoms with Gasteiger partial charge in [0.1, 0.15) is 9.84 Å². The molecule has 0 heterocycles. The van der Waals surface area contributed by atoms with Gasteiger partial charge >= 0.3 is 0 Å². The summed E-state index contributed by atoms with van der Waals surface area (Å²) in [6.07, 6.45) is 0.0873. The monoisotopic (exact) mass is 221 g/mol. The highest BCUT2D eigenvalue weighted by Crippen LogP contribution is 2.07. The van der Waals surface area contributed by atoms with Crippen LogP contribution in [-0.4, -0.2) is 38.3 Å². The molecule has 0 aromatic carbocycles. The van der Waals surface area contributed by atoms with Crippen LogP contribution in [0.5, 0.6) is 0 Å². The van der Waals surface area contributed by atoms with Gasteiger partial charge in [-0.05, 0) is 20.9 Å². The highest BCUT2D eigenvalue weighted by molar-refractivity contribution is 7.91. The molecule has 0 aliphatic heterocycles. The molecule has 0 spiro atoms. The molecule has 4 nitrogen and oxygen atoms in total. The van der Waals surface area contributed by atoms with Gasteiger partial charge in [0, 0.05) is 12.2 Å². The van der Waals surface area contributed by atoms with Crippen molar-refractivity contribution in [3.63, 3.8) is 0 Å². The molecular weight excluding hydrogens is 202 g/mol. The molecule has 0 aromatic heterocycles. The molecule has 0 unspecified atom stereocenters. The summed E-state index contributed by atoms with van der Waals surface area (Å²) < 4.78 is 22.3. The summed E-state index contributed by atoms with van der Waals surface area (Å²) in [7, 11) is -1.34. The number of hydrogen-bond acceptors (Lipinski definition) is 4. The zero-order valence-electron chi connectivity index (χ0n) is 9.25. The van der Waals surface area contributed by atoms with E-state index in [1.54, 1.807) is 27.8 Å². The number of carbonyl (C=O) groups excluding carboxylic acids is 1. The zero-order valence-corrected chi connectivity index (χ0v) is 10.1. The molecule has 84 valence electrons. The lowest BCUT2D eigenvalue weighted by atomic mass is 9.98. The average Bonchev–Trinajstić information content (AvgIpc) is 2.14. The van der Waals surface area contributed by atoms with E-state index in [-0.39, 0.29) is 23.7 Å². The lowest BCUT2D eigenvalue weighted by Crippen LogP contribution is -2.45. The molecule has 0 atom stereocenters. The molecule has 0 fully saturated rings. The van der Waals surface area contributed by atoms with Crippen molar-refractivity contribution in [1.82, 2.24) is 5.32 Å². The minimum Gasteiger partial charge on any atom is -0.308 e. The molecule has 0 rings (SSSR count). The summed E-state index contributed by atoms with van der Waals surface area (Å²) in [6, 6.07) is 0. The first-order valence-electron chi connectivity index (χ1n) is 4.68. The molecule has 0 bridgehead atoms. The fraction of sp³-hybridized carbons (Fsp3) is 0.889. The molecule has 0 aliphatic rings. The number of likely N-dealkylation sites (N-methyl/N-ethyl adjacent to an activating group) is 1. The Labute approximate surface area is 86.0 Å². The van der Waals surface area contributed by atoms with Crippen molar-refractivity contribution in [2.24, 2.45) is 0 Å². The Bertz CT molecular complexity index is 293. The Morgan fingerprint density at radius 3 is 2.21 bits per heavy atom. The van der Waals surface area contributed by atoms with E-state index in [4.69, 9.17) is 0 Å². The first-order chi connectivity index (χ1) is 6.25. The standard InChI is InChI=1S/C9H19NO3S/c1-5-14(12,13)7-6-8(11)9(2,3)10-4/h10H,5-7H2,1-4H3. The summed E-state index contributed by atoms with van der Waals surface area (Å²) in [5.41, 5.74) is -0.636. The molecule has 5 heteroatoms. The second-order valence-electron chi connectivity index (χ2n) is 3.78. The van der Waals surface area contributed by atoms with Crippen molar-refractivity contribution >= 4 is 15.6 Å². The smallest absolute Gasteiger partial charge is 0.153 e. The van der Waals surface area contributed by atoms with E-state index in [1.165, 1.54) is 0 Å². The lowest BCUT2D eigenvalue weighted by Gasteiger charge is -2.21. The highest BCUT2D eigenvalue weighted by atomic mass is 32.2. The summed E-state index contributed by atoms with van der Waals surface area (Å²) in [5.74, 6) is -0.0229. The Balaban J connectivity index is 4.24. The van der Waals surface area contributed by atoms with E-state index >= 15 is 0 Å². The van der Waals surface area contributed by atoms with Crippen molar-refractivity contribution in [2.45, 2.75) is 32.7 Å². The second-order valence-corrected chi connectivity index (χ2v) is 6.26. The molecule has 14 heavy (non-hydrogen) atoms. The number of sulfone groups is 1. The fourth-order valence-corrected chi connectivity index (χ4v) is 1.63. The van der Waals surface area contributed by atoms with Crippen LogP contribution in [0, 0.1) is 0 Å². The van der Waals surface area contributed by atoms with Crippen molar-refractivity contribution < 1.29 is 13.2 Å². The number of rotatable bonds is 6. The Morgan fingerprint density at radius 1 is 1.36 bits per heavy atom. The number of hydrogen-bond donors (Lipinski definition) is 1. The van der Waals surface area contributed by atoms with Gasteiger partial charge in [0.2, 0.25) is 0 Å². The third kappa shape index (κ3) is 4.19. The van der Waals surface area contributed by atoms with Gasteiger partial charge < -0.3 is 5.32 Å². The quantitative estimate of drug-likeness (QED) is 0.704. The minimum absolute atomic E-state index is 0.0482. The van der Waals surface area contributed by atoms with Gasteiger partial charge in [-0.2, -0.15) is 0 Å². The van der Waals surface area contributed by atoms with Crippen LogP contribution in [0.2, 0.25) is 0 Å². The van der Waals surface area contributed by atoms with Gasteiger partial charge in [0.15, 0.2) is 5.78 Å². The number of nitrogens with one attached hydrogen (secondary N) is 1. The predicted molar refractivity (Wildman–Crippen MR) is 57.1 cm³/mol. The van der Waals surface area contributed by atoms with E-state index in [0.29, 0.717) is 0 Å². The van der Waals surface area contributed by atoms with Crippen LogP contribution in [0.1, 0.15) is 27.2 Å². The van der Waals surface area contributed by atoms with E-state index < -0.39 is 15.4 Å². The first-order valence-corrected chi connectivity index (χ1v) is 6.50. The van der Waals surface area contributed by atoms with Crippen molar-refractivity contribution in [2.75, 3.05) is 18.6 Å². The Morgan fingerprint density at radius 2 is 1.86 bits per heavy atom. The summed E-state index contributed by atoms with van der Waals surface area (Å²) in [6.45, 7) is 5.07. The van der Waals surface area contributed by atoms with E-state index in [0.717, 1.165) is 0 Å². The number of Topliss-reactive ketones (excluding diaryl/α,β-unsaturated/α-hetero) is 1. The molecule has 0 saturated heterocycles. The summed E-state index contributed by atoms with van der Waals surface area (Å²) in [4.78, 5) is 11.5. The number of carbonyl (C=O) groups is 1. The third-order valence-electron chi connectivity index (χ3n) is 2.40. The summed E-state index contributed by atoms with van der Waals surface area (Å²) in [5, 5.41) is 2.85. The topological polar surface area (TPSA) is 63.2 Å². The molecule has 1 N–H and O–H groups in total. The third-order valence-corrected chi connectivity index (χ3v) is 4.11. The predicted octanol–water partition coefficient (Wildman–Crippen LogP) is 0.378. The molecule has 0 aromatic rings. The van der Waals surface area contributed by atoms with Crippen molar-refractivity contribution in [3.05, 3.63) is 0 Å². The van der Waals surface area contributed by atoms with Crippen LogP contribution in [0.25, 0.3) is 0 Å². The van der Waals surface area contributed by atoms with Crippen LogP contribution in [0.4, 0.5) is 0 Å². The normalized spacial score (nSPS) is 12.9. The zero-order chi connectivity index (χ0) is 11.4. The van der Waals surface area contributed by atoms with E-state index in [9.17, 15) is 13.2 Å². The van der Waals surface area contributed by atoms with E-state index in [1.807, 2.05) is 0 Å². The van der Waals surface area contributed by atoms with Crippen LogP contribution in [0.15, 0.2) is 0 Å². The van der Waals surface area contributed by atoms with Gasteiger partial charge in [-0.15, -0.1) is 0 Å². The van der Waals surface area contributed by atoms with Crippen molar-refractivity contribution in [1.29, 1.82) is 0 Å². The Hall–Kier alpha value is -0.420. The lowest BCUT2D eigenvalue weighted by molar-refractivity contribution is -0.123. The van der Waals surface area contributed by atoms with Crippen molar-refractivity contribution in [3.8, 4) is 0 Å². The van der Waals surface area contributed by atoms with Crippen LogP contribution >= 0.6 is 0 Å². The number of ketones is 1. The minimum atomic E-state index is -3.03. The Kier molecular flexibility index (Phi) is 4.74. The van der Waals surface area contributed by atoms with Gasteiger partial charge in [-0.25, -0.2) is 8.42 Å². The fourth-order valence-electron chi connectivity index (χ4n) is 0.844. The average molecular weight is 221 g/mol. The molecule has 0 aliphatic carbocycles. The largest absolute Gasteiger partial charge is 0.308 e. The SMILES string of the molecule is CCS(=O)(=O)CCC(=O)C(C)(C)NC. The van der Waals surface area contributed by atoms with Gasteiger partial charge in [0.25, 0.3) is 0 Å². The van der Waals surface area contributed by atoms with Gasteiger partial charge in [-0.3, -0.25) is 4.79 Å². The van der Waals surface area contributed by atoms with Gasteiger partial charge in [0.05, 0.1) is 11.3 Å². The summed E-state index contributed by atoms with van der Waals surface area (Å²) >= 11 is 0. The van der Waals surface area contributed by atoms with Crippen LogP contribution in [0.3, 0.4) is 0 Å². The molecular formula is C9H19NO3S. The van der Waals surface area contributed by atoms with Crippen LogP contribution < -0.4 is 5.32 Å². The molecule has 0 saturated carbocycles. The molecule has 0 radical (unpaired) electrons. The van der Waals surface area contributed by atoms with E-state index in [2.05, 4.69) is 5.32 Å². The maximum Gasteiger partial charge on any atom is 0.153 e. The highest BCUT2D eigenvalue weighted by Gasteiger charge is 2.25. The second kappa shape index (κ2) is 4.89. The molecule has 0 amide bonds. The first kappa shape index (κ1) is 13.6.